The summed E-state index contributed by atoms with van der Waals surface area (Å²) in [6.07, 6.45) is 3.11. The zero-order chi connectivity index (χ0) is 16.2. The number of hydrogen-bond donors (Lipinski definition) is 2. The Balaban J connectivity index is 2.58. The molecule has 0 aliphatic rings. The molecule has 0 amide bonds. The van der Waals surface area contributed by atoms with Crippen LogP contribution < -0.4 is 20.1 Å². The van der Waals surface area contributed by atoms with Gasteiger partial charge in [0.05, 0.1) is 14.2 Å². The molecule has 0 unspecified atom stereocenters. The number of benzene rings is 1. The third-order valence-electron chi connectivity index (χ3n) is 3.30. The number of unbranched alkanes of at least 4 members (excludes halogenated alkanes) is 1. The van der Waals surface area contributed by atoms with Crippen molar-refractivity contribution in [3.63, 3.8) is 0 Å². The summed E-state index contributed by atoms with van der Waals surface area (Å²) in [6, 6.07) is 5.86. The Morgan fingerprint density at radius 2 is 1.95 bits per heavy atom. The molecule has 5 nitrogen and oxygen atoms in total. The van der Waals surface area contributed by atoms with Crippen LogP contribution in [0.1, 0.15) is 32.3 Å². The molecule has 0 saturated carbocycles. The fourth-order valence-corrected chi connectivity index (χ4v) is 2.08. The van der Waals surface area contributed by atoms with Crippen LogP contribution in [-0.2, 0) is 6.42 Å². The predicted molar refractivity (Wildman–Crippen MR) is 92.1 cm³/mol. The van der Waals surface area contributed by atoms with Gasteiger partial charge < -0.3 is 20.1 Å². The van der Waals surface area contributed by atoms with Crippen LogP contribution >= 0.6 is 0 Å². The Hall–Kier alpha value is -1.91. The maximum atomic E-state index is 5.40. The highest BCUT2D eigenvalue weighted by atomic mass is 16.5. The number of rotatable bonds is 9. The van der Waals surface area contributed by atoms with Crippen LogP contribution in [0.25, 0.3) is 0 Å². The molecule has 1 aromatic carbocycles. The molecule has 0 heterocycles. The van der Waals surface area contributed by atoms with Gasteiger partial charge >= 0.3 is 0 Å². The topological polar surface area (TPSA) is 54.9 Å². The first-order valence-corrected chi connectivity index (χ1v) is 7.98. The molecule has 1 aromatic rings. The highest BCUT2D eigenvalue weighted by Gasteiger charge is 2.05. The van der Waals surface area contributed by atoms with Crippen molar-refractivity contribution in [3.05, 3.63) is 23.8 Å². The monoisotopic (exact) mass is 307 g/mol. The van der Waals surface area contributed by atoms with Crippen LogP contribution in [0.3, 0.4) is 0 Å². The average Bonchev–Trinajstić information content (AvgIpc) is 2.55. The highest BCUT2D eigenvalue weighted by molar-refractivity contribution is 5.79. The van der Waals surface area contributed by atoms with Gasteiger partial charge in [0.15, 0.2) is 5.96 Å². The van der Waals surface area contributed by atoms with Gasteiger partial charge in [0.25, 0.3) is 0 Å². The van der Waals surface area contributed by atoms with Crippen molar-refractivity contribution in [2.75, 3.05) is 33.9 Å². The normalized spacial score (nSPS) is 11.2. The van der Waals surface area contributed by atoms with E-state index in [4.69, 9.17) is 9.47 Å². The SMILES string of the molecule is CCCCN=C(NCC)NCCc1cc(OC)ccc1OC. The second-order valence-electron chi connectivity index (χ2n) is 4.97. The van der Waals surface area contributed by atoms with Gasteiger partial charge in [-0.1, -0.05) is 13.3 Å². The molecule has 2 N–H and O–H groups in total. The Morgan fingerprint density at radius 3 is 2.59 bits per heavy atom. The number of ether oxygens (including phenoxy) is 2. The van der Waals surface area contributed by atoms with Crippen LogP contribution in [0.4, 0.5) is 0 Å². The predicted octanol–water partition coefficient (Wildman–Crippen LogP) is 2.60. The van der Waals surface area contributed by atoms with Crippen LogP contribution in [0.2, 0.25) is 0 Å². The smallest absolute Gasteiger partial charge is 0.191 e. The molecule has 0 bridgehead atoms. The zero-order valence-electron chi connectivity index (χ0n) is 14.2. The summed E-state index contributed by atoms with van der Waals surface area (Å²) in [7, 11) is 3.36. The lowest BCUT2D eigenvalue weighted by molar-refractivity contribution is 0.398. The lowest BCUT2D eigenvalue weighted by atomic mass is 10.1. The number of nitrogens with zero attached hydrogens (tertiary/aromatic N) is 1. The van der Waals surface area contributed by atoms with Crippen molar-refractivity contribution < 1.29 is 9.47 Å². The van der Waals surface area contributed by atoms with E-state index in [0.29, 0.717) is 0 Å². The second-order valence-corrected chi connectivity index (χ2v) is 4.97. The molecule has 5 heteroatoms. The molecule has 0 radical (unpaired) electrons. The maximum absolute atomic E-state index is 5.40. The van der Waals surface area contributed by atoms with E-state index < -0.39 is 0 Å². The Labute approximate surface area is 134 Å². The maximum Gasteiger partial charge on any atom is 0.191 e. The standard InChI is InChI=1S/C17H29N3O2/c1-5-7-11-19-17(18-6-2)20-12-10-14-13-15(21-3)8-9-16(14)22-4/h8-9,13H,5-7,10-12H2,1-4H3,(H2,18,19,20). The first-order valence-electron chi connectivity index (χ1n) is 7.98. The molecule has 0 aromatic heterocycles. The highest BCUT2D eigenvalue weighted by Crippen LogP contribution is 2.24. The summed E-state index contributed by atoms with van der Waals surface area (Å²) in [5.41, 5.74) is 1.12. The van der Waals surface area contributed by atoms with Crippen molar-refractivity contribution >= 4 is 5.96 Å². The van der Waals surface area contributed by atoms with Gasteiger partial charge in [0.2, 0.25) is 0 Å². The van der Waals surface area contributed by atoms with Crippen LogP contribution in [-0.4, -0.2) is 39.8 Å². The van der Waals surface area contributed by atoms with E-state index in [1.807, 2.05) is 18.2 Å². The van der Waals surface area contributed by atoms with Gasteiger partial charge in [-0.05, 0) is 43.5 Å². The Kier molecular flexibility index (Phi) is 8.88. The molecule has 0 atom stereocenters. The van der Waals surface area contributed by atoms with Gasteiger partial charge in [0, 0.05) is 19.6 Å². The molecular formula is C17H29N3O2. The fraction of sp³-hybridized carbons (Fsp3) is 0.588. The van der Waals surface area contributed by atoms with E-state index in [1.54, 1.807) is 14.2 Å². The third kappa shape index (κ3) is 6.24. The van der Waals surface area contributed by atoms with Crippen LogP contribution in [0.15, 0.2) is 23.2 Å². The first-order chi connectivity index (χ1) is 10.7. The number of guanidine groups is 1. The fourth-order valence-electron chi connectivity index (χ4n) is 2.08. The molecule has 22 heavy (non-hydrogen) atoms. The average molecular weight is 307 g/mol. The molecule has 0 spiro atoms. The minimum atomic E-state index is 0.793. The molecule has 124 valence electrons. The third-order valence-corrected chi connectivity index (χ3v) is 3.30. The van der Waals surface area contributed by atoms with Crippen molar-refractivity contribution in [2.24, 2.45) is 4.99 Å². The minimum absolute atomic E-state index is 0.793. The summed E-state index contributed by atoms with van der Waals surface area (Å²) < 4.78 is 10.7. The summed E-state index contributed by atoms with van der Waals surface area (Å²) in [4.78, 5) is 4.55. The van der Waals surface area contributed by atoms with E-state index in [1.165, 1.54) is 0 Å². The van der Waals surface area contributed by atoms with E-state index in [9.17, 15) is 0 Å². The molecular weight excluding hydrogens is 278 g/mol. The number of hydrogen-bond acceptors (Lipinski definition) is 3. The molecule has 1 rings (SSSR count). The van der Waals surface area contributed by atoms with Gasteiger partial charge in [-0.25, -0.2) is 0 Å². The van der Waals surface area contributed by atoms with Crippen LogP contribution in [0, 0.1) is 0 Å². The van der Waals surface area contributed by atoms with Gasteiger partial charge in [-0.15, -0.1) is 0 Å². The summed E-state index contributed by atoms with van der Waals surface area (Å²) in [6.45, 7) is 6.75. The van der Waals surface area contributed by atoms with Crippen molar-refractivity contribution in [3.8, 4) is 11.5 Å². The molecule has 0 aliphatic heterocycles. The quantitative estimate of drug-likeness (QED) is 0.418. The van der Waals surface area contributed by atoms with Crippen molar-refractivity contribution in [2.45, 2.75) is 33.1 Å². The molecule has 0 aliphatic carbocycles. The Bertz CT molecular complexity index is 461. The summed E-state index contributed by atoms with van der Waals surface area (Å²) >= 11 is 0. The summed E-state index contributed by atoms with van der Waals surface area (Å²) in [5, 5.41) is 6.62. The van der Waals surface area contributed by atoms with Crippen molar-refractivity contribution in [1.82, 2.24) is 10.6 Å². The van der Waals surface area contributed by atoms with Crippen LogP contribution in [0.5, 0.6) is 11.5 Å². The van der Waals surface area contributed by atoms with E-state index in [-0.39, 0.29) is 0 Å². The molecule has 0 fully saturated rings. The zero-order valence-corrected chi connectivity index (χ0v) is 14.2. The summed E-state index contributed by atoms with van der Waals surface area (Å²) in [5.74, 6) is 2.60. The van der Waals surface area contributed by atoms with Gasteiger partial charge in [-0.3, -0.25) is 4.99 Å². The Morgan fingerprint density at radius 1 is 1.14 bits per heavy atom. The van der Waals surface area contributed by atoms with Crippen molar-refractivity contribution in [1.29, 1.82) is 0 Å². The number of nitrogens with one attached hydrogen (secondary N) is 2. The van der Waals surface area contributed by atoms with E-state index in [2.05, 4.69) is 29.5 Å². The van der Waals surface area contributed by atoms with Gasteiger partial charge in [-0.2, -0.15) is 0 Å². The lowest BCUT2D eigenvalue weighted by Gasteiger charge is -2.13. The second kappa shape index (κ2) is 10.8. The van der Waals surface area contributed by atoms with E-state index >= 15 is 0 Å². The van der Waals surface area contributed by atoms with Gasteiger partial charge in [0.1, 0.15) is 11.5 Å². The number of methoxy groups -OCH3 is 2. The lowest BCUT2D eigenvalue weighted by Crippen LogP contribution is -2.38. The minimum Gasteiger partial charge on any atom is -0.497 e. The molecule has 0 saturated heterocycles. The van der Waals surface area contributed by atoms with E-state index in [0.717, 1.165) is 61.9 Å². The number of aliphatic imine (C=N–C) groups is 1. The first kappa shape index (κ1) is 18.1. The largest absolute Gasteiger partial charge is 0.497 e.